The third-order valence-corrected chi connectivity index (χ3v) is 10.3. The maximum atomic E-state index is 15.0. The molecule has 18 heteroatoms. The van der Waals surface area contributed by atoms with E-state index in [1.165, 1.54) is 6.20 Å². The molecule has 1 aromatic carbocycles. The number of amides is 1. The highest BCUT2D eigenvalue weighted by molar-refractivity contribution is 9.10. The molecule has 4 rings (SSSR count). The van der Waals surface area contributed by atoms with Crippen molar-refractivity contribution in [3.05, 3.63) is 51.5 Å². The largest absolute Gasteiger partial charge is 0.481 e. The molecule has 0 unspecified atom stereocenters. The SMILES string of the molecule is C[C@H](Oc1ccc(S(=O)(=O)[C@@H]2C[C@@H](C(=O)O)N(C(=O)C3(c4ncc(Br)cc4F)CN(CC(F)F)C3)C2)c(Cl)c1)C(F)(F)F. The van der Waals surface area contributed by atoms with Gasteiger partial charge in [-0.2, -0.15) is 13.2 Å². The lowest BCUT2D eigenvalue weighted by Gasteiger charge is -2.50. The third-order valence-electron chi connectivity index (χ3n) is 7.28. The molecule has 1 N–H and O–H groups in total. The van der Waals surface area contributed by atoms with Gasteiger partial charge in [0, 0.05) is 36.4 Å². The second kappa shape index (κ2) is 12.0. The van der Waals surface area contributed by atoms with Gasteiger partial charge in [0.2, 0.25) is 5.91 Å². The van der Waals surface area contributed by atoms with Gasteiger partial charge in [-0.1, -0.05) is 11.6 Å². The molecule has 2 aliphatic heterocycles. The van der Waals surface area contributed by atoms with Crippen molar-refractivity contribution in [2.75, 3.05) is 26.2 Å². The van der Waals surface area contributed by atoms with Crippen molar-refractivity contribution in [2.24, 2.45) is 0 Å². The lowest BCUT2D eigenvalue weighted by Crippen LogP contribution is -2.68. The average Bonchev–Trinajstić information content (AvgIpc) is 3.32. The summed E-state index contributed by atoms with van der Waals surface area (Å²) >= 11 is 9.14. The van der Waals surface area contributed by atoms with Crippen molar-refractivity contribution in [3.63, 3.8) is 0 Å². The fourth-order valence-electron chi connectivity index (χ4n) is 5.19. The smallest absolute Gasteiger partial charge is 0.425 e. The zero-order valence-corrected chi connectivity index (χ0v) is 25.2. The van der Waals surface area contributed by atoms with E-state index in [4.69, 9.17) is 16.3 Å². The normalized spacial score (nSPS) is 21.5. The molecule has 2 saturated heterocycles. The van der Waals surface area contributed by atoms with Crippen LogP contribution < -0.4 is 4.74 Å². The van der Waals surface area contributed by atoms with Gasteiger partial charge in [-0.25, -0.2) is 26.4 Å². The minimum absolute atomic E-state index is 0.219. The Bertz CT molecular complexity index is 1530. The van der Waals surface area contributed by atoms with Gasteiger partial charge in [-0.15, -0.1) is 0 Å². The molecule has 236 valence electrons. The highest BCUT2D eigenvalue weighted by atomic mass is 79.9. The van der Waals surface area contributed by atoms with Gasteiger partial charge in [0.25, 0.3) is 6.43 Å². The molecular formula is C25H23BrClF6N3O6S. The maximum Gasteiger partial charge on any atom is 0.425 e. The quantitative estimate of drug-likeness (QED) is 0.381. The summed E-state index contributed by atoms with van der Waals surface area (Å²) in [6, 6.07) is 2.04. The van der Waals surface area contributed by atoms with Crippen molar-refractivity contribution in [1.82, 2.24) is 14.8 Å². The van der Waals surface area contributed by atoms with Gasteiger partial charge in [-0.05, 0) is 47.5 Å². The Morgan fingerprint density at radius 1 is 1.26 bits per heavy atom. The molecule has 0 spiro atoms. The Morgan fingerprint density at radius 2 is 1.91 bits per heavy atom. The highest BCUT2D eigenvalue weighted by Crippen LogP contribution is 2.41. The second-order valence-electron chi connectivity index (χ2n) is 10.2. The third kappa shape index (κ3) is 6.59. The van der Waals surface area contributed by atoms with Gasteiger partial charge in [0.15, 0.2) is 15.9 Å². The first-order valence-corrected chi connectivity index (χ1v) is 15.2. The molecule has 2 fully saturated rings. The summed E-state index contributed by atoms with van der Waals surface area (Å²) in [6.07, 6.45) is -9.12. The fourth-order valence-corrected chi connectivity index (χ4v) is 7.72. The van der Waals surface area contributed by atoms with E-state index in [-0.39, 0.29) is 10.2 Å². The minimum Gasteiger partial charge on any atom is -0.481 e. The number of carboxylic acids is 1. The van der Waals surface area contributed by atoms with E-state index < -0.39 is 111 Å². The van der Waals surface area contributed by atoms with Crippen LogP contribution in [0.15, 0.2) is 39.8 Å². The van der Waals surface area contributed by atoms with E-state index in [1.807, 2.05) is 0 Å². The number of pyridine rings is 1. The van der Waals surface area contributed by atoms with Crippen LogP contribution in [0.1, 0.15) is 19.0 Å². The van der Waals surface area contributed by atoms with Gasteiger partial charge >= 0.3 is 12.1 Å². The Kier molecular flexibility index (Phi) is 9.32. The van der Waals surface area contributed by atoms with Crippen molar-refractivity contribution in [3.8, 4) is 5.75 Å². The van der Waals surface area contributed by atoms with E-state index >= 15 is 4.39 Å². The number of aromatic nitrogens is 1. The monoisotopic (exact) mass is 721 g/mol. The van der Waals surface area contributed by atoms with Gasteiger partial charge < -0.3 is 14.7 Å². The number of carbonyl (C=O) groups excluding carboxylic acids is 1. The predicted octanol–water partition coefficient (Wildman–Crippen LogP) is 4.31. The second-order valence-corrected chi connectivity index (χ2v) is 13.8. The number of alkyl halides is 5. The number of nitrogens with zero attached hydrogens (tertiary/aromatic N) is 3. The van der Waals surface area contributed by atoms with Gasteiger partial charge in [-0.3, -0.25) is 14.7 Å². The molecule has 3 heterocycles. The first-order valence-electron chi connectivity index (χ1n) is 12.5. The summed E-state index contributed by atoms with van der Waals surface area (Å²) in [5.41, 5.74) is -2.29. The van der Waals surface area contributed by atoms with Crippen LogP contribution in [0.3, 0.4) is 0 Å². The van der Waals surface area contributed by atoms with Gasteiger partial charge in [0.05, 0.1) is 27.4 Å². The van der Waals surface area contributed by atoms with E-state index in [1.54, 1.807) is 0 Å². The molecule has 0 saturated carbocycles. The zero-order chi connectivity index (χ0) is 32.1. The van der Waals surface area contributed by atoms with Crippen molar-refractivity contribution in [1.29, 1.82) is 0 Å². The van der Waals surface area contributed by atoms with Crippen LogP contribution in [-0.2, 0) is 24.8 Å². The summed E-state index contributed by atoms with van der Waals surface area (Å²) in [6.45, 7) is -1.53. The Hall–Kier alpha value is -2.63. The van der Waals surface area contributed by atoms with Crippen LogP contribution in [-0.4, -0.2) is 96.4 Å². The topological polar surface area (TPSA) is 117 Å². The Balaban J connectivity index is 1.65. The molecule has 3 atom stereocenters. The van der Waals surface area contributed by atoms with E-state index in [2.05, 4.69) is 20.9 Å². The number of hydrogen-bond donors (Lipinski definition) is 1. The molecule has 0 bridgehead atoms. The summed E-state index contributed by atoms with van der Waals surface area (Å²) in [4.78, 5) is 31.5. The van der Waals surface area contributed by atoms with E-state index in [9.17, 15) is 45.1 Å². The number of rotatable bonds is 9. The molecular weight excluding hydrogens is 700 g/mol. The molecule has 0 radical (unpaired) electrons. The first kappa shape index (κ1) is 33.3. The van der Waals surface area contributed by atoms with Crippen molar-refractivity contribution < 1.29 is 54.2 Å². The fraction of sp³-hybridized carbons (Fsp3) is 0.480. The number of carboxylic acid groups (broad SMARTS) is 1. The first-order chi connectivity index (χ1) is 19.9. The summed E-state index contributed by atoms with van der Waals surface area (Å²) in [5, 5.41) is 7.86. The molecule has 0 aliphatic carbocycles. The van der Waals surface area contributed by atoms with E-state index in [0.29, 0.717) is 0 Å². The molecule has 2 aliphatic rings. The number of sulfone groups is 1. The standard InChI is InChI=1S/C25H23BrClF6N3O6S/c1-12(25(31,32)33)42-14-2-3-19(16(27)5-14)43(40,41)15-6-18(22(37)38)36(8-15)23(39)24(10-35(11-24)9-20(29)30)21-17(28)4-13(26)7-34-21/h2-5,7,12,15,18,20H,6,8-11H2,1H3,(H,37,38)/t12-,15+,18-/m0/s1. The number of likely N-dealkylation sites (tertiary alicyclic amines) is 2. The number of carbonyl (C=O) groups is 2. The highest BCUT2D eigenvalue weighted by Gasteiger charge is 2.58. The maximum absolute atomic E-state index is 15.0. The zero-order valence-electron chi connectivity index (χ0n) is 22.0. The number of ether oxygens (including phenoxy) is 1. The van der Waals surface area contributed by atoms with Crippen LogP contribution >= 0.6 is 27.5 Å². The minimum atomic E-state index is -4.70. The summed E-state index contributed by atoms with van der Waals surface area (Å²) in [7, 11) is -4.49. The summed E-state index contributed by atoms with van der Waals surface area (Å²) < 4.78 is 112. The van der Waals surface area contributed by atoms with Crippen LogP contribution in [0.5, 0.6) is 5.75 Å². The Morgan fingerprint density at radius 3 is 2.44 bits per heavy atom. The molecule has 1 aromatic heterocycles. The van der Waals surface area contributed by atoms with E-state index in [0.717, 1.165) is 41.0 Å². The molecule has 9 nitrogen and oxygen atoms in total. The summed E-state index contributed by atoms with van der Waals surface area (Å²) in [5.74, 6) is -3.90. The number of halogens is 8. The number of hydrogen-bond acceptors (Lipinski definition) is 7. The van der Waals surface area contributed by atoms with Crippen LogP contribution in [0.4, 0.5) is 26.3 Å². The molecule has 1 amide bonds. The molecule has 43 heavy (non-hydrogen) atoms. The van der Waals surface area contributed by atoms with Crippen molar-refractivity contribution in [2.45, 2.75) is 53.7 Å². The number of aliphatic carboxylic acids is 1. The van der Waals surface area contributed by atoms with Crippen LogP contribution in [0.2, 0.25) is 5.02 Å². The average molecular weight is 723 g/mol. The van der Waals surface area contributed by atoms with Crippen molar-refractivity contribution >= 4 is 49.2 Å². The number of benzene rings is 1. The van der Waals surface area contributed by atoms with Gasteiger partial charge in [0.1, 0.15) is 23.0 Å². The Labute approximate surface area is 254 Å². The van der Waals surface area contributed by atoms with Crippen LogP contribution in [0.25, 0.3) is 0 Å². The molecule has 2 aromatic rings. The lowest BCUT2D eigenvalue weighted by molar-refractivity contribution is -0.189. The lowest BCUT2D eigenvalue weighted by atomic mass is 9.74. The predicted molar refractivity (Wildman–Crippen MR) is 142 cm³/mol. The van der Waals surface area contributed by atoms with Crippen LogP contribution in [0, 0.1) is 5.82 Å².